The minimum absolute atomic E-state index is 0.261. The van der Waals surface area contributed by atoms with Gasteiger partial charge in [0.1, 0.15) is 5.15 Å². The Balaban J connectivity index is 2.11. The van der Waals surface area contributed by atoms with Gasteiger partial charge in [-0.25, -0.2) is 13.4 Å². The highest BCUT2D eigenvalue weighted by Crippen LogP contribution is 2.20. The van der Waals surface area contributed by atoms with Gasteiger partial charge in [0.25, 0.3) is 0 Å². The fraction of sp³-hybridized carbons (Fsp3) is 0.500. The van der Waals surface area contributed by atoms with Crippen molar-refractivity contribution in [2.75, 3.05) is 17.9 Å². The Kier molecular flexibility index (Phi) is 3.86. The van der Waals surface area contributed by atoms with Gasteiger partial charge >= 0.3 is 0 Å². The van der Waals surface area contributed by atoms with Crippen molar-refractivity contribution in [2.45, 2.75) is 18.1 Å². The van der Waals surface area contributed by atoms with Crippen LogP contribution < -0.4 is 4.72 Å². The second-order valence-corrected chi connectivity index (χ2v) is 6.17. The topological polar surface area (TPSA) is 68.3 Å². The monoisotopic (exact) mass is 276 g/mol. The third-order valence-corrected chi connectivity index (χ3v) is 4.67. The molecule has 17 heavy (non-hydrogen) atoms. The standard InChI is InChI=1S/C10H13ClN2O3S/c11-10-7-8(1-4-12-10)13-17(14,15)9-2-5-16-6-3-9/h1,4,7,9H,2-3,5-6H2,(H,12,13). The van der Waals surface area contributed by atoms with Gasteiger partial charge in [-0.2, -0.15) is 0 Å². The molecule has 0 radical (unpaired) electrons. The third-order valence-electron chi connectivity index (χ3n) is 2.59. The van der Waals surface area contributed by atoms with Crippen LogP contribution in [0.2, 0.25) is 5.15 Å². The van der Waals surface area contributed by atoms with Gasteiger partial charge in [-0.3, -0.25) is 4.72 Å². The van der Waals surface area contributed by atoms with Gasteiger partial charge in [0.15, 0.2) is 0 Å². The Morgan fingerprint density at radius 2 is 2.12 bits per heavy atom. The first-order valence-corrected chi connectivity index (χ1v) is 7.21. The van der Waals surface area contributed by atoms with Crippen molar-refractivity contribution < 1.29 is 13.2 Å². The van der Waals surface area contributed by atoms with Crippen LogP contribution in [-0.2, 0) is 14.8 Å². The van der Waals surface area contributed by atoms with Crippen molar-refractivity contribution in [3.63, 3.8) is 0 Å². The Morgan fingerprint density at radius 3 is 2.76 bits per heavy atom. The van der Waals surface area contributed by atoms with E-state index in [0.29, 0.717) is 31.7 Å². The molecule has 1 aliphatic heterocycles. The van der Waals surface area contributed by atoms with Gasteiger partial charge in [0, 0.05) is 19.4 Å². The molecule has 7 heteroatoms. The van der Waals surface area contributed by atoms with Gasteiger partial charge < -0.3 is 4.74 Å². The first-order valence-electron chi connectivity index (χ1n) is 5.29. The molecule has 1 aliphatic rings. The number of nitrogens with zero attached hydrogens (tertiary/aromatic N) is 1. The predicted octanol–water partition coefficient (Wildman–Crippen LogP) is 1.66. The fourth-order valence-electron chi connectivity index (χ4n) is 1.70. The Hall–Kier alpha value is -0.850. The molecule has 1 aromatic heterocycles. The fourth-order valence-corrected chi connectivity index (χ4v) is 3.31. The van der Waals surface area contributed by atoms with Crippen LogP contribution in [0.1, 0.15) is 12.8 Å². The zero-order chi connectivity index (χ0) is 12.3. The average Bonchev–Trinajstić information content (AvgIpc) is 2.29. The molecule has 0 bridgehead atoms. The van der Waals surface area contributed by atoms with E-state index in [4.69, 9.17) is 16.3 Å². The second-order valence-electron chi connectivity index (χ2n) is 3.83. The summed E-state index contributed by atoms with van der Waals surface area (Å²) < 4.78 is 31.7. The zero-order valence-electron chi connectivity index (χ0n) is 9.10. The van der Waals surface area contributed by atoms with Gasteiger partial charge in [-0.05, 0) is 25.0 Å². The highest BCUT2D eigenvalue weighted by Gasteiger charge is 2.27. The second kappa shape index (κ2) is 5.20. The van der Waals surface area contributed by atoms with Gasteiger partial charge in [0.2, 0.25) is 10.0 Å². The molecule has 1 fully saturated rings. The lowest BCUT2D eigenvalue weighted by molar-refractivity contribution is 0.0984. The average molecular weight is 277 g/mol. The lowest BCUT2D eigenvalue weighted by Gasteiger charge is -2.22. The molecule has 94 valence electrons. The molecule has 1 saturated heterocycles. The molecular formula is C10H13ClN2O3S. The number of sulfonamides is 1. The number of anilines is 1. The SMILES string of the molecule is O=S(=O)(Nc1ccnc(Cl)c1)C1CCOCC1. The highest BCUT2D eigenvalue weighted by atomic mass is 35.5. The van der Waals surface area contributed by atoms with Crippen molar-refractivity contribution >= 4 is 27.3 Å². The molecule has 5 nitrogen and oxygen atoms in total. The Labute approximate surface area is 105 Å². The molecule has 0 aromatic carbocycles. The lowest BCUT2D eigenvalue weighted by atomic mass is 10.2. The largest absolute Gasteiger partial charge is 0.381 e. The molecule has 0 spiro atoms. The molecule has 0 atom stereocenters. The van der Waals surface area contributed by atoms with Crippen LogP contribution in [-0.4, -0.2) is 31.9 Å². The van der Waals surface area contributed by atoms with E-state index in [1.54, 1.807) is 6.07 Å². The molecule has 0 unspecified atom stereocenters. The molecular weight excluding hydrogens is 264 g/mol. The van der Waals surface area contributed by atoms with Crippen molar-refractivity contribution in [1.82, 2.24) is 4.98 Å². The smallest absolute Gasteiger partial charge is 0.235 e. The van der Waals surface area contributed by atoms with Crippen molar-refractivity contribution in [1.29, 1.82) is 0 Å². The maximum atomic E-state index is 12.0. The van der Waals surface area contributed by atoms with Crippen molar-refractivity contribution in [3.05, 3.63) is 23.5 Å². The Morgan fingerprint density at radius 1 is 1.41 bits per heavy atom. The number of rotatable bonds is 3. The summed E-state index contributed by atoms with van der Waals surface area (Å²) in [6, 6.07) is 3.06. The molecule has 1 aromatic rings. The highest BCUT2D eigenvalue weighted by molar-refractivity contribution is 7.93. The summed E-state index contributed by atoms with van der Waals surface area (Å²) in [6.45, 7) is 0.978. The van der Waals surface area contributed by atoms with Crippen molar-refractivity contribution in [2.24, 2.45) is 0 Å². The van der Waals surface area contributed by atoms with Crippen LogP contribution in [0.15, 0.2) is 18.3 Å². The predicted molar refractivity (Wildman–Crippen MR) is 65.6 cm³/mol. The van der Waals surface area contributed by atoms with Crippen LogP contribution >= 0.6 is 11.6 Å². The number of halogens is 1. The summed E-state index contributed by atoms with van der Waals surface area (Å²) in [4.78, 5) is 3.79. The molecule has 1 N–H and O–H groups in total. The summed E-state index contributed by atoms with van der Waals surface area (Å²) in [5, 5.41) is -0.139. The van der Waals surface area contributed by atoms with E-state index in [9.17, 15) is 8.42 Å². The summed E-state index contributed by atoms with van der Waals surface area (Å²) >= 11 is 5.69. The molecule has 0 saturated carbocycles. The molecule has 0 amide bonds. The van der Waals surface area contributed by atoms with Crippen LogP contribution in [0.4, 0.5) is 5.69 Å². The quantitative estimate of drug-likeness (QED) is 0.853. The first kappa shape index (κ1) is 12.6. The van der Waals surface area contributed by atoms with Crippen LogP contribution in [0, 0.1) is 0 Å². The third kappa shape index (κ3) is 3.31. The summed E-state index contributed by atoms with van der Waals surface area (Å²) in [5.74, 6) is 0. The molecule has 2 rings (SSSR count). The van der Waals surface area contributed by atoms with Crippen LogP contribution in [0.3, 0.4) is 0 Å². The van der Waals surface area contributed by atoms with E-state index in [-0.39, 0.29) is 5.15 Å². The van der Waals surface area contributed by atoms with Crippen LogP contribution in [0.5, 0.6) is 0 Å². The first-order chi connectivity index (χ1) is 8.08. The summed E-state index contributed by atoms with van der Waals surface area (Å²) in [7, 11) is -3.37. The maximum absolute atomic E-state index is 12.0. The number of ether oxygens (including phenoxy) is 1. The Bertz CT molecular complexity index is 486. The van der Waals surface area contributed by atoms with Gasteiger partial charge in [-0.1, -0.05) is 11.6 Å². The lowest BCUT2D eigenvalue weighted by Crippen LogP contribution is -2.33. The number of nitrogens with one attached hydrogen (secondary N) is 1. The van der Waals surface area contributed by atoms with E-state index >= 15 is 0 Å². The number of hydrogen-bond acceptors (Lipinski definition) is 4. The number of pyridine rings is 1. The van der Waals surface area contributed by atoms with E-state index in [1.807, 2.05) is 0 Å². The minimum atomic E-state index is -3.37. The minimum Gasteiger partial charge on any atom is -0.381 e. The van der Waals surface area contributed by atoms with Crippen molar-refractivity contribution in [3.8, 4) is 0 Å². The normalized spacial score (nSPS) is 17.9. The van der Waals surface area contributed by atoms with E-state index < -0.39 is 15.3 Å². The van der Waals surface area contributed by atoms with E-state index in [1.165, 1.54) is 12.3 Å². The summed E-state index contributed by atoms with van der Waals surface area (Å²) in [5.41, 5.74) is 0.441. The van der Waals surface area contributed by atoms with E-state index in [0.717, 1.165) is 0 Å². The van der Waals surface area contributed by atoms with Gasteiger partial charge in [0.05, 0.1) is 10.9 Å². The summed E-state index contributed by atoms with van der Waals surface area (Å²) in [6.07, 6.45) is 2.51. The number of aromatic nitrogens is 1. The zero-order valence-corrected chi connectivity index (χ0v) is 10.7. The number of hydrogen-bond donors (Lipinski definition) is 1. The molecule has 0 aliphatic carbocycles. The molecule has 2 heterocycles. The maximum Gasteiger partial charge on any atom is 0.235 e. The van der Waals surface area contributed by atoms with E-state index in [2.05, 4.69) is 9.71 Å². The van der Waals surface area contributed by atoms with Gasteiger partial charge in [-0.15, -0.1) is 0 Å². The van der Waals surface area contributed by atoms with Crippen LogP contribution in [0.25, 0.3) is 0 Å².